The van der Waals surface area contributed by atoms with Crippen LogP contribution in [0.4, 0.5) is 11.4 Å². The first-order valence-corrected chi connectivity index (χ1v) is 7.55. The summed E-state index contributed by atoms with van der Waals surface area (Å²) in [6.45, 7) is 2.03. The zero-order valence-corrected chi connectivity index (χ0v) is 13.3. The lowest BCUT2D eigenvalue weighted by molar-refractivity contribution is 0.476. The molecule has 0 fully saturated rings. The number of phenolic OH excluding ortho intramolecular Hbond substituents is 2. The van der Waals surface area contributed by atoms with Crippen LogP contribution >= 0.6 is 0 Å². The van der Waals surface area contributed by atoms with Crippen molar-refractivity contribution in [1.82, 2.24) is 0 Å². The average Bonchev–Trinajstić information content (AvgIpc) is 2.58. The zero-order valence-electron chi connectivity index (χ0n) is 13.3. The second-order valence-electron chi connectivity index (χ2n) is 5.65. The van der Waals surface area contributed by atoms with E-state index in [-0.39, 0.29) is 11.5 Å². The van der Waals surface area contributed by atoms with E-state index in [9.17, 15) is 10.2 Å². The quantitative estimate of drug-likeness (QED) is 0.380. The summed E-state index contributed by atoms with van der Waals surface area (Å²) in [5, 5.41) is 19.6. The monoisotopic (exact) mass is 318 g/mol. The molecule has 0 amide bonds. The number of aliphatic imine (C=N–C) groups is 1. The van der Waals surface area contributed by atoms with E-state index in [0.717, 1.165) is 16.7 Å². The normalized spacial score (nSPS) is 11.0. The van der Waals surface area contributed by atoms with Gasteiger partial charge in [-0.1, -0.05) is 42.0 Å². The van der Waals surface area contributed by atoms with Crippen molar-refractivity contribution in [3.63, 3.8) is 0 Å². The molecule has 24 heavy (non-hydrogen) atoms. The highest BCUT2D eigenvalue weighted by Gasteiger charge is 2.05. The Morgan fingerprint density at radius 3 is 2.12 bits per heavy atom. The summed E-state index contributed by atoms with van der Waals surface area (Å²) in [7, 11) is 0. The number of benzene rings is 3. The summed E-state index contributed by atoms with van der Waals surface area (Å²) in [4.78, 5) is 4.38. The van der Waals surface area contributed by atoms with Gasteiger partial charge in [0, 0.05) is 6.21 Å². The Bertz CT molecular complexity index is 900. The first kappa shape index (κ1) is 15.6. The molecule has 0 spiro atoms. The number of hydrogen-bond acceptors (Lipinski definition) is 4. The number of aromatic hydroxyl groups is 2. The average molecular weight is 318 g/mol. The van der Waals surface area contributed by atoms with Crippen molar-refractivity contribution in [3.8, 4) is 22.6 Å². The second kappa shape index (κ2) is 6.46. The van der Waals surface area contributed by atoms with Gasteiger partial charge in [0.2, 0.25) is 0 Å². The van der Waals surface area contributed by atoms with E-state index in [2.05, 4.69) is 4.99 Å². The van der Waals surface area contributed by atoms with Crippen molar-refractivity contribution in [1.29, 1.82) is 0 Å². The van der Waals surface area contributed by atoms with Gasteiger partial charge in [-0.05, 0) is 47.9 Å². The van der Waals surface area contributed by atoms with Crippen molar-refractivity contribution in [2.24, 2.45) is 4.99 Å². The van der Waals surface area contributed by atoms with Gasteiger partial charge in [-0.15, -0.1) is 0 Å². The third kappa shape index (κ3) is 3.38. The van der Waals surface area contributed by atoms with Gasteiger partial charge in [-0.2, -0.15) is 0 Å². The van der Waals surface area contributed by atoms with Crippen LogP contribution in [0.3, 0.4) is 0 Å². The SMILES string of the molecule is Cc1ccc(C=Nc2cc(-c3ccc(O)c(N)c3)ccc2O)cc1. The number of rotatable bonds is 3. The number of nitrogen functional groups attached to an aromatic ring is 1. The highest BCUT2D eigenvalue weighted by Crippen LogP contribution is 2.34. The van der Waals surface area contributed by atoms with Gasteiger partial charge in [-0.25, -0.2) is 0 Å². The minimum Gasteiger partial charge on any atom is -0.506 e. The molecule has 3 aromatic carbocycles. The van der Waals surface area contributed by atoms with Gasteiger partial charge in [0.15, 0.2) is 0 Å². The molecule has 0 unspecified atom stereocenters. The highest BCUT2D eigenvalue weighted by atomic mass is 16.3. The molecule has 0 atom stereocenters. The van der Waals surface area contributed by atoms with Crippen LogP contribution in [0.1, 0.15) is 11.1 Å². The molecule has 0 aliphatic carbocycles. The number of nitrogens with zero attached hydrogens (tertiary/aromatic N) is 1. The first-order chi connectivity index (χ1) is 11.5. The minimum atomic E-state index is 0.0511. The lowest BCUT2D eigenvalue weighted by Crippen LogP contribution is -1.87. The number of phenols is 2. The van der Waals surface area contributed by atoms with E-state index in [0.29, 0.717) is 11.4 Å². The molecule has 3 aromatic rings. The van der Waals surface area contributed by atoms with Crippen LogP contribution in [0.25, 0.3) is 11.1 Å². The maximum Gasteiger partial charge on any atom is 0.141 e. The molecule has 0 heterocycles. The van der Waals surface area contributed by atoms with Gasteiger partial charge in [0.05, 0.1) is 5.69 Å². The fourth-order valence-corrected chi connectivity index (χ4v) is 2.34. The maximum atomic E-state index is 10.0. The van der Waals surface area contributed by atoms with Crippen LogP contribution in [0.15, 0.2) is 65.7 Å². The molecule has 0 bridgehead atoms. The van der Waals surface area contributed by atoms with Gasteiger partial charge < -0.3 is 15.9 Å². The molecule has 4 heteroatoms. The summed E-state index contributed by atoms with van der Waals surface area (Å²) in [5.41, 5.74) is 10.4. The maximum absolute atomic E-state index is 10.0. The molecular weight excluding hydrogens is 300 g/mol. The van der Waals surface area contributed by atoms with Crippen LogP contribution < -0.4 is 5.73 Å². The molecule has 0 saturated carbocycles. The summed E-state index contributed by atoms with van der Waals surface area (Å²) in [6.07, 6.45) is 1.71. The molecule has 0 aliphatic heterocycles. The van der Waals surface area contributed by atoms with Crippen molar-refractivity contribution < 1.29 is 10.2 Å². The third-order valence-corrected chi connectivity index (χ3v) is 3.77. The molecule has 4 nitrogen and oxygen atoms in total. The van der Waals surface area contributed by atoms with Crippen LogP contribution in [0.5, 0.6) is 11.5 Å². The largest absolute Gasteiger partial charge is 0.506 e. The van der Waals surface area contributed by atoms with Crippen molar-refractivity contribution >= 4 is 17.6 Å². The molecule has 0 aliphatic rings. The van der Waals surface area contributed by atoms with Crippen LogP contribution in [-0.4, -0.2) is 16.4 Å². The Balaban J connectivity index is 1.94. The lowest BCUT2D eigenvalue weighted by atomic mass is 10.0. The van der Waals surface area contributed by atoms with Gasteiger partial charge in [0.1, 0.15) is 17.2 Å². The Kier molecular flexibility index (Phi) is 4.20. The summed E-state index contributed by atoms with van der Waals surface area (Å²) in [5.74, 6) is 0.156. The zero-order chi connectivity index (χ0) is 17.1. The van der Waals surface area contributed by atoms with Crippen molar-refractivity contribution in [2.45, 2.75) is 6.92 Å². The van der Waals surface area contributed by atoms with Gasteiger partial charge >= 0.3 is 0 Å². The van der Waals surface area contributed by atoms with E-state index < -0.39 is 0 Å². The van der Waals surface area contributed by atoms with E-state index in [4.69, 9.17) is 5.73 Å². The molecule has 120 valence electrons. The number of aryl methyl sites for hydroxylation is 1. The Labute approximate surface area is 140 Å². The number of nitrogens with two attached hydrogens (primary N) is 1. The number of anilines is 1. The van der Waals surface area contributed by atoms with E-state index in [1.807, 2.05) is 31.2 Å². The molecular formula is C20H18N2O2. The fraction of sp³-hybridized carbons (Fsp3) is 0.0500. The Hall–Kier alpha value is -3.27. The summed E-state index contributed by atoms with van der Waals surface area (Å²) >= 11 is 0. The van der Waals surface area contributed by atoms with Crippen molar-refractivity contribution in [2.75, 3.05) is 5.73 Å². The van der Waals surface area contributed by atoms with Gasteiger partial charge in [-0.3, -0.25) is 4.99 Å². The predicted molar refractivity (Wildman–Crippen MR) is 98.1 cm³/mol. The fourth-order valence-electron chi connectivity index (χ4n) is 2.34. The molecule has 0 aromatic heterocycles. The summed E-state index contributed by atoms with van der Waals surface area (Å²) < 4.78 is 0. The van der Waals surface area contributed by atoms with Gasteiger partial charge in [0.25, 0.3) is 0 Å². The smallest absolute Gasteiger partial charge is 0.141 e. The minimum absolute atomic E-state index is 0.0511. The molecule has 0 radical (unpaired) electrons. The standard InChI is InChI=1S/C20H18N2O2/c1-13-2-4-14(5-3-13)12-22-18-11-16(7-9-20(18)24)15-6-8-19(23)17(21)10-15/h2-12,23-24H,21H2,1H3. The molecule has 4 N–H and O–H groups in total. The molecule has 3 rings (SSSR count). The summed E-state index contributed by atoms with van der Waals surface area (Å²) in [6, 6.07) is 18.1. The van der Waals surface area contributed by atoms with E-state index in [1.54, 1.807) is 42.6 Å². The van der Waals surface area contributed by atoms with E-state index in [1.165, 1.54) is 5.56 Å². The Morgan fingerprint density at radius 1 is 0.833 bits per heavy atom. The highest BCUT2D eigenvalue weighted by molar-refractivity contribution is 5.84. The van der Waals surface area contributed by atoms with E-state index >= 15 is 0 Å². The second-order valence-corrected chi connectivity index (χ2v) is 5.65. The predicted octanol–water partition coefficient (Wildman–Crippen LogP) is 4.41. The lowest BCUT2D eigenvalue weighted by Gasteiger charge is -2.07. The first-order valence-electron chi connectivity index (χ1n) is 7.55. The van der Waals surface area contributed by atoms with Crippen LogP contribution in [0.2, 0.25) is 0 Å². The number of hydrogen-bond donors (Lipinski definition) is 3. The molecule has 0 saturated heterocycles. The van der Waals surface area contributed by atoms with Crippen LogP contribution in [-0.2, 0) is 0 Å². The third-order valence-electron chi connectivity index (χ3n) is 3.77. The Morgan fingerprint density at radius 2 is 1.46 bits per heavy atom. The van der Waals surface area contributed by atoms with Crippen LogP contribution in [0, 0.1) is 6.92 Å². The van der Waals surface area contributed by atoms with Crippen molar-refractivity contribution in [3.05, 3.63) is 71.8 Å². The topological polar surface area (TPSA) is 78.8 Å².